The Morgan fingerprint density at radius 3 is 2.81 bits per heavy atom. The van der Waals surface area contributed by atoms with Crippen LogP contribution in [0.25, 0.3) is 0 Å². The molecule has 1 N–H and O–H groups in total. The smallest absolute Gasteiger partial charge is 0.256 e. The number of fused-ring (bicyclic) bond motifs is 1. The number of rotatable bonds is 4. The van der Waals surface area contributed by atoms with Crippen LogP contribution in [0.5, 0.6) is 5.75 Å². The lowest BCUT2D eigenvalue weighted by molar-refractivity contribution is 0.102. The Balaban J connectivity index is 1.77. The Bertz CT molecular complexity index is 659. The van der Waals surface area contributed by atoms with E-state index in [1.54, 1.807) is 16.8 Å². The maximum atomic E-state index is 12.3. The van der Waals surface area contributed by atoms with Crippen LogP contribution in [0.15, 0.2) is 24.3 Å². The van der Waals surface area contributed by atoms with Gasteiger partial charge in [0.15, 0.2) is 0 Å². The first kappa shape index (κ1) is 13.7. The molecule has 0 radical (unpaired) electrons. The molecule has 0 unspecified atom stereocenters. The van der Waals surface area contributed by atoms with Gasteiger partial charge in [-0.25, -0.2) is 0 Å². The lowest BCUT2D eigenvalue weighted by Crippen LogP contribution is -2.15. The summed E-state index contributed by atoms with van der Waals surface area (Å²) < 4.78 is 7.14. The van der Waals surface area contributed by atoms with Gasteiger partial charge in [0.05, 0.1) is 12.3 Å². The molecule has 3 rings (SSSR count). The summed E-state index contributed by atoms with van der Waals surface area (Å²) in [5.41, 5.74) is 2.91. The first-order valence-electron chi connectivity index (χ1n) is 7.28. The summed E-state index contributed by atoms with van der Waals surface area (Å²) in [4.78, 5) is 12.3. The Hall–Kier alpha value is -2.30. The fourth-order valence-corrected chi connectivity index (χ4v) is 2.72. The van der Waals surface area contributed by atoms with Crippen LogP contribution in [0.3, 0.4) is 0 Å². The molecule has 0 saturated heterocycles. The molecule has 0 fully saturated rings. The summed E-state index contributed by atoms with van der Waals surface area (Å²) in [5.74, 6) is 1.48. The molecule has 1 aromatic carbocycles. The molecule has 1 aliphatic carbocycles. The molecule has 21 heavy (non-hydrogen) atoms. The molecule has 0 aliphatic heterocycles. The predicted molar refractivity (Wildman–Crippen MR) is 80.8 cm³/mol. The minimum absolute atomic E-state index is 0.115. The van der Waals surface area contributed by atoms with E-state index >= 15 is 0 Å². The molecule has 1 heterocycles. The van der Waals surface area contributed by atoms with Crippen molar-refractivity contribution < 1.29 is 9.53 Å². The minimum atomic E-state index is -0.115. The third-order valence-corrected chi connectivity index (χ3v) is 3.73. The number of anilines is 1. The summed E-state index contributed by atoms with van der Waals surface area (Å²) in [7, 11) is 1.87. The number of amides is 1. The van der Waals surface area contributed by atoms with Gasteiger partial charge in [0.1, 0.15) is 11.6 Å². The highest BCUT2D eigenvalue weighted by molar-refractivity contribution is 6.04. The Kier molecular flexibility index (Phi) is 3.64. The Morgan fingerprint density at radius 1 is 1.33 bits per heavy atom. The Morgan fingerprint density at radius 2 is 2.10 bits per heavy atom. The van der Waals surface area contributed by atoms with Crippen LogP contribution >= 0.6 is 0 Å². The van der Waals surface area contributed by atoms with Gasteiger partial charge >= 0.3 is 0 Å². The van der Waals surface area contributed by atoms with Gasteiger partial charge in [-0.2, -0.15) is 5.10 Å². The van der Waals surface area contributed by atoms with Crippen LogP contribution in [0.1, 0.15) is 35.0 Å². The number of aryl methyl sites for hydroxylation is 2. The van der Waals surface area contributed by atoms with E-state index in [0.29, 0.717) is 12.2 Å². The van der Waals surface area contributed by atoms with Crippen molar-refractivity contribution in [2.75, 3.05) is 11.9 Å². The zero-order valence-corrected chi connectivity index (χ0v) is 12.3. The number of nitrogens with zero attached hydrogens (tertiary/aromatic N) is 2. The molecule has 5 nitrogen and oxygen atoms in total. The molecule has 0 spiro atoms. The quantitative estimate of drug-likeness (QED) is 0.939. The van der Waals surface area contributed by atoms with Crippen molar-refractivity contribution in [1.29, 1.82) is 0 Å². The third kappa shape index (κ3) is 2.63. The summed E-state index contributed by atoms with van der Waals surface area (Å²) in [6, 6.07) is 7.17. The van der Waals surface area contributed by atoms with E-state index in [0.717, 1.165) is 36.5 Å². The van der Waals surface area contributed by atoms with Gasteiger partial charge in [0, 0.05) is 18.2 Å². The van der Waals surface area contributed by atoms with Gasteiger partial charge in [-0.05, 0) is 50.5 Å². The van der Waals surface area contributed by atoms with Gasteiger partial charge in [-0.3, -0.25) is 9.48 Å². The second-order valence-electron chi connectivity index (χ2n) is 5.16. The zero-order chi connectivity index (χ0) is 14.8. The highest BCUT2D eigenvalue weighted by Crippen LogP contribution is 2.28. The van der Waals surface area contributed by atoms with Crippen LogP contribution in [0, 0.1) is 0 Å². The van der Waals surface area contributed by atoms with E-state index in [-0.39, 0.29) is 5.91 Å². The van der Waals surface area contributed by atoms with Gasteiger partial charge < -0.3 is 10.1 Å². The largest absolute Gasteiger partial charge is 0.494 e. The normalized spacial score (nSPS) is 13.0. The van der Waals surface area contributed by atoms with Crippen LogP contribution in [-0.4, -0.2) is 22.3 Å². The zero-order valence-electron chi connectivity index (χ0n) is 12.3. The minimum Gasteiger partial charge on any atom is -0.494 e. The number of hydrogen-bond acceptors (Lipinski definition) is 3. The van der Waals surface area contributed by atoms with Crippen molar-refractivity contribution in [1.82, 2.24) is 9.78 Å². The van der Waals surface area contributed by atoms with Crippen molar-refractivity contribution in [3.05, 3.63) is 41.1 Å². The summed E-state index contributed by atoms with van der Waals surface area (Å²) in [5, 5.41) is 7.44. The number of ether oxygens (including phenoxy) is 1. The molecular formula is C16H19N3O2. The second kappa shape index (κ2) is 5.60. The van der Waals surface area contributed by atoms with E-state index < -0.39 is 0 Å². The predicted octanol–water partition coefficient (Wildman–Crippen LogP) is 2.56. The fraction of sp³-hybridized carbons (Fsp3) is 0.375. The van der Waals surface area contributed by atoms with E-state index in [1.807, 2.05) is 26.1 Å². The molecule has 1 aliphatic rings. The van der Waals surface area contributed by atoms with Crippen molar-refractivity contribution in [3.8, 4) is 5.75 Å². The molecule has 1 amide bonds. The highest BCUT2D eigenvalue weighted by atomic mass is 16.5. The topological polar surface area (TPSA) is 56.1 Å². The van der Waals surface area contributed by atoms with Gasteiger partial charge in [-0.1, -0.05) is 0 Å². The fourth-order valence-electron chi connectivity index (χ4n) is 2.72. The van der Waals surface area contributed by atoms with Crippen LogP contribution in [0.2, 0.25) is 0 Å². The summed E-state index contributed by atoms with van der Waals surface area (Å²) in [6.45, 7) is 2.55. The van der Waals surface area contributed by atoms with Gasteiger partial charge in [-0.15, -0.1) is 0 Å². The van der Waals surface area contributed by atoms with Crippen molar-refractivity contribution in [2.45, 2.75) is 26.2 Å². The molecular weight excluding hydrogens is 266 g/mol. The lowest BCUT2D eigenvalue weighted by Gasteiger charge is -2.08. The van der Waals surface area contributed by atoms with Crippen molar-refractivity contribution >= 4 is 11.7 Å². The molecule has 110 valence electrons. The number of carbonyl (C=O) groups is 1. The average molecular weight is 285 g/mol. The summed E-state index contributed by atoms with van der Waals surface area (Å²) >= 11 is 0. The van der Waals surface area contributed by atoms with E-state index in [1.165, 1.54) is 5.56 Å². The third-order valence-electron chi connectivity index (χ3n) is 3.73. The van der Waals surface area contributed by atoms with Gasteiger partial charge in [0.25, 0.3) is 5.91 Å². The van der Waals surface area contributed by atoms with E-state index in [4.69, 9.17) is 4.74 Å². The lowest BCUT2D eigenvalue weighted by atomic mass is 10.2. The second-order valence-corrected chi connectivity index (χ2v) is 5.16. The number of benzene rings is 1. The standard InChI is InChI=1S/C16H19N3O2/c1-3-21-12-9-7-11(8-10-12)16(20)17-15-13-5-4-6-14(13)18-19(15)2/h7-10H,3-6H2,1-2H3,(H,17,20). The van der Waals surface area contributed by atoms with Crippen molar-refractivity contribution in [2.24, 2.45) is 7.05 Å². The molecule has 5 heteroatoms. The molecule has 0 bridgehead atoms. The monoisotopic (exact) mass is 285 g/mol. The number of aromatic nitrogens is 2. The Labute approximate surface area is 123 Å². The van der Waals surface area contributed by atoms with Crippen LogP contribution in [0.4, 0.5) is 5.82 Å². The summed E-state index contributed by atoms with van der Waals surface area (Å²) in [6.07, 6.45) is 3.11. The highest BCUT2D eigenvalue weighted by Gasteiger charge is 2.22. The van der Waals surface area contributed by atoms with Crippen molar-refractivity contribution in [3.63, 3.8) is 0 Å². The molecule has 2 aromatic rings. The van der Waals surface area contributed by atoms with E-state index in [9.17, 15) is 4.79 Å². The first-order valence-corrected chi connectivity index (χ1v) is 7.28. The SMILES string of the molecule is CCOc1ccc(C(=O)Nc2c3c(nn2C)CCC3)cc1. The molecule has 1 aromatic heterocycles. The maximum absolute atomic E-state index is 12.3. The number of carbonyl (C=O) groups excluding carboxylic acids is 1. The van der Waals surface area contributed by atoms with Crippen LogP contribution < -0.4 is 10.1 Å². The van der Waals surface area contributed by atoms with E-state index in [2.05, 4.69) is 10.4 Å². The molecule has 0 saturated carbocycles. The maximum Gasteiger partial charge on any atom is 0.256 e. The average Bonchev–Trinajstić information content (AvgIpc) is 3.03. The van der Waals surface area contributed by atoms with Gasteiger partial charge in [0.2, 0.25) is 0 Å². The number of hydrogen-bond donors (Lipinski definition) is 1. The van der Waals surface area contributed by atoms with Crippen LogP contribution in [-0.2, 0) is 19.9 Å². The first-order chi connectivity index (χ1) is 10.2. The molecule has 0 atom stereocenters. The number of nitrogens with one attached hydrogen (secondary N) is 1.